The molecule has 3 atom stereocenters. The van der Waals surface area contributed by atoms with Gasteiger partial charge in [-0.15, -0.1) is 0 Å². The van der Waals surface area contributed by atoms with Crippen LogP contribution in [0.15, 0.2) is 24.4 Å². The Balaban J connectivity index is 1.72. The van der Waals surface area contributed by atoms with Gasteiger partial charge in [-0.2, -0.15) is 0 Å². The van der Waals surface area contributed by atoms with E-state index in [0.29, 0.717) is 24.8 Å². The van der Waals surface area contributed by atoms with Crippen molar-refractivity contribution in [3.05, 3.63) is 35.8 Å². The number of carboxylic acid groups (broad SMARTS) is 1. The Morgan fingerprint density at radius 2 is 2.11 bits per heavy atom. The Hall–Kier alpha value is -2.90. The van der Waals surface area contributed by atoms with Crippen LogP contribution in [0.3, 0.4) is 0 Å². The van der Waals surface area contributed by atoms with Crippen LogP contribution < -0.4 is 10.6 Å². The second-order valence-electron chi connectivity index (χ2n) is 7.01. The summed E-state index contributed by atoms with van der Waals surface area (Å²) in [5.74, 6) is -2.34. The van der Waals surface area contributed by atoms with E-state index < -0.39 is 17.9 Å². The number of fused-ring (bicyclic) bond motifs is 1. The van der Waals surface area contributed by atoms with Crippen LogP contribution in [0.25, 0.3) is 10.9 Å². The van der Waals surface area contributed by atoms with E-state index in [1.54, 1.807) is 12.3 Å². The predicted octanol–water partition coefficient (Wildman–Crippen LogP) is 1.72. The molecule has 0 spiro atoms. The van der Waals surface area contributed by atoms with E-state index in [1.165, 1.54) is 19.1 Å². The minimum absolute atomic E-state index is 0.216. The molecule has 27 heavy (non-hydrogen) atoms. The van der Waals surface area contributed by atoms with Gasteiger partial charge in [0, 0.05) is 36.5 Å². The van der Waals surface area contributed by atoms with Crippen LogP contribution in [0.5, 0.6) is 0 Å². The number of benzene rings is 1. The first kappa shape index (κ1) is 18.9. The summed E-state index contributed by atoms with van der Waals surface area (Å²) in [5, 5.41) is 15.4. The lowest BCUT2D eigenvalue weighted by Crippen LogP contribution is -2.49. The summed E-state index contributed by atoms with van der Waals surface area (Å²) >= 11 is 0. The average molecular weight is 375 g/mol. The zero-order chi connectivity index (χ0) is 19.6. The quantitative estimate of drug-likeness (QED) is 0.616. The van der Waals surface area contributed by atoms with Crippen molar-refractivity contribution in [2.45, 2.75) is 44.7 Å². The third kappa shape index (κ3) is 4.45. The van der Waals surface area contributed by atoms with Crippen molar-refractivity contribution in [3.8, 4) is 0 Å². The molecule has 1 aromatic carbocycles. The minimum Gasteiger partial charge on any atom is -0.481 e. The van der Waals surface area contributed by atoms with Gasteiger partial charge in [0.1, 0.15) is 11.9 Å². The number of carboxylic acids is 1. The summed E-state index contributed by atoms with van der Waals surface area (Å²) in [6, 6.07) is 3.34. The Morgan fingerprint density at radius 3 is 2.78 bits per heavy atom. The van der Waals surface area contributed by atoms with E-state index in [-0.39, 0.29) is 30.1 Å². The van der Waals surface area contributed by atoms with Crippen LogP contribution in [0, 0.1) is 11.7 Å². The molecule has 0 radical (unpaired) electrons. The fourth-order valence-electron chi connectivity index (χ4n) is 3.64. The molecule has 4 N–H and O–H groups in total. The fraction of sp³-hybridized carbons (Fsp3) is 0.421. The lowest BCUT2D eigenvalue weighted by atomic mass is 10.0. The number of hydrogen-bond acceptors (Lipinski definition) is 3. The van der Waals surface area contributed by atoms with Crippen molar-refractivity contribution >= 4 is 28.7 Å². The van der Waals surface area contributed by atoms with Crippen molar-refractivity contribution in [2.24, 2.45) is 5.92 Å². The molecule has 1 unspecified atom stereocenters. The number of aliphatic carboxylic acids is 1. The van der Waals surface area contributed by atoms with Crippen molar-refractivity contribution in [1.29, 1.82) is 0 Å². The van der Waals surface area contributed by atoms with E-state index in [9.17, 15) is 18.8 Å². The molecule has 2 amide bonds. The lowest BCUT2D eigenvalue weighted by Gasteiger charge is -2.20. The van der Waals surface area contributed by atoms with Crippen molar-refractivity contribution < 1.29 is 23.9 Å². The van der Waals surface area contributed by atoms with Crippen molar-refractivity contribution in [3.63, 3.8) is 0 Å². The van der Waals surface area contributed by atoms with Gasteiger partial charge in [0.15, 0.2) is 0 Å². The number of nitrogens with one attached hydrogen (secondary N) is 3. The lowest BCUT2D eigenvalue weighted by molar-refractivity contribution is -0.141. The highest BCUT2D eigenvalue weighted by atomic mass is 19.1. The third-order valence-corrected chi connectivity index (χ3v) is 4.98. The fourth-order valence-corrected chi connectivity index (χ4v) is 3.64. The Morgan fingerprint density at radius 1 is 1.33 bits per heavy atom. The van der Waals surface area contributed by atoms with Crippen LogP contribution in [-0.4, -0.2) is 40.0 Å². The summed E-state index contributed by atoms with van der Waals surface area (Å²) in [6.07, 6.45) is 3.45. The van der Waals surface area contributed by atoms with Gasteiger partial charge in [0.05, 0.1) is 5.92 Å². The molecule has 0 aliphatic heterocycles. The largest absolute Gasteiger partial charge is 0.481 e. The number of amides is 2. The molecule has 1 aliphatic carbocycles. The molecule has 1 heterocycles. The molecule has 1 aliphatic rings. The number of aromatic amines is 1. The number of rotatable bonds is 6. The van der Waals surface area contributed by atoms with Gasteiger partial charge in [0.25, 0.3) is 0 Å². The highest BCUT2D eigenvalue weighted by molar-refractivity contribution is 5.89. The molecule has 2 aromatic rings. The zero-order valence-corrected chi connectivity index (χ0v) is 14.9. The maximum atomic E-state index is 13.3. The summed E-state index contributed by atoms with van der Waals surface area (Å²) in [7, 11) is 0. The Labute approximate surface area is 155 Å². The second-order valence-corrected chi connectivity index (χ2v) is 7.01. The van der Waals surface area contributed by atoms with Crippen molar-refractivity contribution in [1.82, 2.24) is 15.6 Å². The van der Waals surface area contributed by atoms with Crippen LogP contribution in [-0.2, 0) is 20.8 Å². The molecule has 7 nitrogen and oxygen atoms in total. The normalized spacial score (nSPS) is 20.4. The zero-order valence-electron chi connectivity index (χ0n) is 14.9. The first-order valence-corrected chi connectivity index (χ1v) is 8.89. The number of carbonyl (C=O) groups excluding carboxylic acids is 2. The van der Waals surface area contributed by atoms with Gasteiger partial charge >= 0.3 is 5.97 Å². The van der Waals surface area contributed by atoms with Crippen LogP contribution in [0.1, 0.15) is 31.7 Å². The third-order valence-electron chi connectivity index (χ3n) is 4.98. The smallest absolute Gasteiger partial charge is 0.306 e. The van der Waals surface area contributed by atoms with E-state index in [4.69, 9.17) is 5.11 Å². The van der Waals surface area contributed by atoms with Gasteiger partial charge in [-0.25, -0.2) is 4.39 Å². The van der Waals surface area contributed by atoms with E-state index in [1.807, 2.05) is 0 Å². The summed E-state index contributed by atoms with van der Waals surface area (Å²) in [5.41, 5.74) is 1.40. The van der Waals surface area contributed by atoms with Gasteiger partial charge in [0.2, 0.25) is 11.8 Å². The van der Waals surface area contributed by atoms with Gasteiger partial charge in [-0.05, 0) is 43.0 Å². The molecule has 0 saturated heterocycles. The molecule has 144 valence electrons. The maximum absolute atomic E-state index is 13.3. The van der Waals surface area contributed by atoms with Crippen LogP contribution >= 0.6 is 0 Å². The standard InChI is InChI=1S/C19H22FN3O4/c1-10(24)22-17(18(25)23-14-4-2-11(6-14)19(26)27)7-12-9-21-16-8-13(20)3-5-15(12)16/h3,5,8-9,11,14,17,21H,2,4,6-7H2,1H3,(H,22,24)(H,23,25)(H,26,27)/t11-,14+,17?/m0/s1. The number of H-pyrrole nitrogens is 1. The summed E-state index contributed by atoms with van der Waals surface area (Å²) < 4.78 is 13.3. The number of hydrogen-bond donors (Lipinski definition) is 4. The van der Waals surface area contributed by atoms with E-state index in [0.717, 1.165) is 10.9 Å². The Kier molecular flexibility index (Phi) is 5.43. The monoisotopic (exact) mass is 375 g/mol. The highest BCUT2D eigenvalue weighted by Gasteiger charge is 2.32. The molecular formula is C19H22FN3O4. The number of halogens is 1. The van der Waals surface area contributed by atoms with Crippen LogP contribution in [0.4, 0.5) is 4.39 Å². The average Bonchev–Trinajstić information content (AvgIpc) is 3.21. The van der Waals surface area contributed by atoms with Gasteiger partial charge in [-0.1, -0.05) is 0 Å². The van der Waals surface area contributed by atoms with Crippen molar-refractivity contribution in [2.75, 3.05) is 0 Å². The van der Waals surface area contributed by atoms with Gasteiger partial charge < -0.3 is 20.7 Å². The Bertz CT molecular complexity index is 879. The molecule has 1 saturated carbocycles. The molecular weight excluding hydrogens is 353 g/mol. The SMILES string of the molecule is CC(=O)NC(Cc1c[nH]c2cc(F)ccc12)C(=O)N[C@@H]1CC[C@H](C(=O)O)C1. The van der Waals surface area contributed by atoms with Gasteiger partial charge in [-0.3, -0.25) is 14.4 Å². The second kappa shape index (κ2) is 7.77. The highest BCUT2D eigenvalue weighted by Crippen LogP contribution is 2.26. The predicted molar refractivity (Wildman–Crippen MR) is 96.5 cm³/mol. The summed E-state index contributed by atoms with van der Waals surface area (Å²) in [4.78, 5) is 38.3. The minimum atomic E-state index is -0.851. The first-order valence-electron chi connectivity index (χ1n) is 8.89. The molecule has 1 aromatic heterocycles. The first-order chi connectivity index (χ1) is 12.8. The maximum Gasteiger partial charge on any atom is 0.306 e. The summed E-state index contributed by atoms with van der Waals surface area (Å²) in [6.45, 7) is 1.33. The number of aromatic nitrogens is 1. The van der Waals surface area contributed by atoms with E-state index >= 15 is 0 Å². The number of carbonyl (C=O) groups is 3. The topological polar surface area (TPSA) is 111 Å². The molecule has 0 bridgehead atoms. The van der Waals surface area contributed by atoms with Crippen LogP contribution in [0.2, 0.25) is 0 Å². The van der Waals surface area contributed by atoms with E-state index in [2.05, 4.69) is 15.6 Å². The molecule has 1 fully saturated rings. The molecule has 8 heteroatoms. The molecule has 3 rings (SSSR count).